The summed E-state index contributed by atoms with van der Waals surface area (Å²) in [6.07, 6.45) is 1.69. The fourth-order valence-electron chi connectivity index (χ4n) is 3.20. The molecule has 0 N–H and O–H groups in total. The van der Waals surface area contributed by atoms with Crippen LogP contribution < -0.4 is 4.74 Å². The number of ether oxygens (including phenoxy) is 1. The first-order chi connectivity index (χ1) is 11.9. The maximum absolute atomic E-state index is 12.7. The number of hydrogen-bond donors (Lipinski definition) is 0. The number of nitrogens with zero attached hydrogens (tertiary/aromatic N) is 2. The second-order valence-electron chi connectivity index (χ2n) is 6.50. The number of benzene rings is 1. The van der Waals surface area contributed by atoms with Crippen LogP contribution in [0.25, 0.3) is 0 Å². The highest BCUT2D eigenvalue weighted by atomic mass is 35.5. The van der Waals surface area contributed by atoms with Gasteiger partial charge in [-0.3, -0.25) is 9.59 Å². The van der Waals surface area contributed by atoms with E-state index in [4.69, 9.17) is 16.3 Å². The smallest absolute Gasteiger partial charge is 0.227 e. The highest BCUT2D eigenvalue weighted by Crippen LogP contribution is 2.32. The lowest BCUT2D eigenvalue weighted by atomic mass is 10.0. The molecule has 1 saturated heterocycles. The van der Waals surface area contributed by atoms with Gasteiger partial charge < -0.3 is 14.5 Å². The molecule has 1 aliphatic heterocycles. The van der Waals surface area contributed by atoms with Gasteiger partial charge in [0.15, 0.2) is 0 Å². The van der Waals surface area contributed by atoms with Crippen molar-refractivity contribution in [1.82, 2.24) is 9.80 Å². The average molecular weight is 367 g/mol. The second-order valence-corrected chi connectivity index (χ2v) is 6.88. The summed E-state index contributed by atoms with van der Waals surface area (Å²) in [7, 11) is 1.61. The zero-order chi connectivity index (χ0) is 18.6. The van der Waals surface area contributed by atoms with Gasteiger partial charge in [0.1, 0.15) is 5.75 Å². The summed E-state index contributed by atoms with van der Waals surface area (Å²) < 4.78 is 5.44. The molecule has 25 heavy (non-hydrogen) atoms. The summed E-state index contributed by atoms with van der Waals surface area (Å²) in [6.45, 7) is 8.22. The number of carbonyl (C=O) groups is 2. The number of carbonyl (C=O) groups excluding carboxylic acids is 2. The minimum absolute atomic E-state index is 0.0453. The van der Waals surface area contributed by atoms with E-state index in [0.717, 1.165) is 23.1 Å². The SMILES string of the molecule is CCCC(=O)N1CCN(C(=O)Cc2c(OC)cc(C)c(Cl)c2C)CC1. The van der Waals surface area contributed by atoms with E-state index in [2.05, 4.69) is 0 Å². The largest absolute Gasteiger partial charge is 0.496 e. The third-order valence-corrected chi connectivity index (χ3v) is 5.35. The number of aryl methyl sites for hydroxylation is 1. The highest BCUT2D eigenvalue weighted by Gasteiger charge is 2.25. The van der Waals surface area contributed by atoms with Gasteiger partial charge in [-0.05, 0) is 37.5 Å². The van der Waals surface area contributed by atoms with Crippen LogP contribution in [0.15, 0.2) is 6.07 Å². The summed E-state index contributed by atoms with van der Waals surface area (Å²) in [6, 6.07) is 1.87. The number of rotatable bonds is 5. The van der Waals surface area contributed by atoms with Crippen LogP contribution in [0, 0.1) is 13.8 Å². The molecule has 1 aromatic rings. The van der Waals surface area contributed by atoms with Crippen LogP contribution >= 0.6 is 11.6 Å². The topological polar surface area (TPSA) is 49.9 Å². The third-order valence-electron chi connectivity index (χ3n) is 4.77. The van der Waals surface area contributed by atoms with Gasteiger partial charge in [-0.1, -0.05) is 18.5 Å². The molecule has 0 radical (unpaired) electrons. The molecule has 1 fully saturated rings. The van der Waals surface area contributed by atoms with Crippen molar-refractivity contribution in [2.75, 3.05) is 33.3 Å². The van der Waals surface area contributed by atoms with Gasteiger partial charge in [-0.2, -0.15) is 0 Å². The minimum Gasteiger partial charge on any atom is -0.496 e. The normalized spacial score (nSPS) is 14.6. The van der Waals surface area contributed by atoms with Crippen molar-refractivity contribution in [3.8, 4) is 5.75 Å². The van der Waals surface area contributed by atoms with Crippen LogP contribution in [0.1, 0.15) is 36.5 Å². The molecule has 2 rings (SSSR count). The molecule has 0 aromatic heterocycles. The molecule has 6 heteroatoms. The quantitative estimate of drug-likeness (QED) is 0.805. The molecule has 1 aromatic carbocycles. The second kappa shape index (κ2) is 8.56. The van der Waals surface area contributed by atoms with E-state index in [0.29, 0.717) is 43.4 Å². The molecule has 0 aliphatic carbocycles. The van der Waals surface area contributed by atoms with Crippen LogP contribution in [-0.4, -0.2) is 54.9 Å². The van der Waals surface area contributed by atoms with Gasteiger partial charge >= 0.3 is 0 Å². The number of methoxy groups -OCH3 is 1. The Balaban J connectivity index is 2.04. The standard InChI is InChI=1S/C19H27ClN2O3/c1-5-6-17(23)21-7-9-22(10-8-21)18(24)12-15-14(3)19(20)13(2)11-16(15)25-4/h11H,5-10,12H2,1-4H3. The first-order valence-electron chi connectivity index (χ1n) is 8.77. The maximum Gasteiger partial charge on any atom is 0.227 e. The van der Waals surface area contributed by atoms with Crippen LogP contribution in [0.3, 0.4) is 0 Å². The lowest BCUT2D eigenvalue weighted by molar-refractivity contribution is -0.139. The predicted molar refractivity (Wildman–Crippen MR) is 99.3 cm³/mol. The van der Waals surface area contributed by atoms with Gasteiger partial charge in [-0.25, -0.2) is 0 Å². The van der Waals surface area contributed by atoms with E-state index in [1.54, 1.807) is 7.11 Å². The van der Waals surface area contributed by atoms with Gasteiger partial charge in [0.05, 0.1) is 13.5 Å². The van der Waals surface area contributed by atoms with E-state index in [-0.39, 0.29) is 18.2 Å². The molecule has 0 unspecified atom stereocenters. The molecular formula is C19H27ClN2O3. The van der Waals surface area contributed by atoms with Crippen LogP contribution in [0.5, 0.6) is 5.75 Å². The molecule has 5 nitrogen and oxygen atoms in total. The summed E-state index contributed by atoms with van der Waals surface area (Å²) in [5.74, 6) is 0.922. The van der Waals surface area contributed by atoms with Crippen molar-refractivity contribution in [2.45, 2.75) is 40.0 Å². The van der Waals surface area contributed by atoms with Crippen molar-refractivity contribution >= 4 is 23.4 Å². The van der Waals surface area contributed by atoms with Gasteiger partial charge in [0.25, 0.3) is 0 Å². The molecule has 0 atom stereocenters. The number of halogens is 1. The lowest BCUT2D eigenvalue weighted by Crippen LogP contribution is -2.51. The van der Waals surface area contributed by atoms with Gasteiger partial charge in [0.2, 0.25) is 11.8 Å². The average Bonchev–Trinajstić information content (AvgIpc) is 2.62. The summed E-state index contributed by atoms with van der Waals surface area (Å²) in [5.41, 5.74) is 2.67. The Hall–Kier alpha value is -1.75. The zero-order valence-corrected chi connectivity index (χ0v) is 16.3. The molecule has 1 heterocycles. The molecule has 1 aliphatic rings. The Morgan fingerprint density at radius 1 is 1.12 bits per heavy atom. The molecule has 2 amide bonds. The Bertz CT molecular complexity index is 653. The zero-order valence-electron chi connectivity index (χ0n) is 15.5. The van der Waals surface area contributed by atoms with E-state index in [1.165, 1.54) is 0 Å². The Kier molecular flexibility index (Phi) is 6.71. The van der Waals surface area contributed by atoms with Crippen molar-refractivity contribution in [3.63, 3.8) is 0 Å². The van der Waals surface area contributed by atoms with Crippen LogP contribution in [0.4, 0.5) is 0 Å². The van der Waals surface area contributed by atoms with Crippen molar-refractivity contribution in [3.05, 3.63) is 27.8 Å². The monoisotopic (exact) mass is 366 g/mol. The van der Waals surface area contributed by atoms with Gasteiger partial charge in [0, 0.05) is 43.2 Å². The highest BCUT2D eigenvalue weighted by molar-refractivity contribution is 6.32. The molecule has 0 spiro atoms. The predicted octanol–water partition coefficient (Wildman–Crippen LogP) is 2.98. The maximum atomic E-state index is 12.7. The number of piperazine rings is 1. The summed E-state index contributed by atoms with van der Waals surface area (Å²) >= 11 is 6.34. The van der Waals surface area contributed by atoms with Crippen molar-refractivity contribution in [1.29, 1.82) is 0 Å². The fourth-order valence-corrected chi connectivity index (χ4v) is 3.37. The first kappa shape index (κ1) is 19.6. The fraction of sp³-hybridized carbons (Fsp3) is 0.579. The van der Waals surface area contributed by atoms with E-state index in [1.807, 2.05) is 36.6 Å². The molecule has 0 saturated carbocycles. The van der Waals surface area contributed by atoms with Crippen molar-refractivity contribution < 1.29 is 14.3 Å². The van der Waals surface area contributed by atoms with E-state index >= 15 is 0 Å². The molecule has 0 bridgehead atoms. The van der Waals surface area contributed by atoms with Gasteiger partial charge in [-0.15, -0.1) is 0 Å². The Labute approximate surface area is 154 Å². The molecule has 138 valence electrons. The third kappa shape index (κ3) is 4.46. The number of hydrogen-bond acceptors (Lipinski definition) is 3. The minimum atomic E-state index is 0.0453. The molecular weight excluding hydrogens is 340 g/mol. The van der Waals surface area contributed by atoms with E-state index in [9.17, 15) is 9.59 Å². The Morgan fingerprint density at radius 2 is 1.68 bits per heavy atom. The number of amides is 2. The Morgan fingerprint density at radius 3 is 2.20 bits per heavy atom. The van der Waals surface area contributed by atoms with Crippen LogP contribution in [0.2, 0.25) is 5.02 Å². The van der Waals surface area contributed by atoms with E-state index < -0.39 is 0 Å². The first-order valence-corrected chi connectivity index (χ1v) is 9.14. The summed E-state index contributed by atoms with van der Waals surface area (Å²) in [4.78, 5) is 28.3. The lowest BCUT2D eigenvalue weighted by Gasteiger charge is -2.35. The van der Waals surface area contributed by atoms with Crippen molar-refractivity contribution in [2.24, 2.45) is 0 Å². The summed E-state index contributed by atoms with van der Waals surface area (Å²) in [5, 5.41) is 0.679. The van der Waals surface area contributed by atoms with Crippen LogP contribution in [-0.2, 0) is 16.0 Å².